The molecule has 1 aromatic carbocycles. The fourth-order valence-corrected chi connectivity index (χ4v) is 5.48. The Morgan fingerprint density at radius 2 is 1.65 bits per heavy atom. The van der Waals surface area contributed by atoms with Crippen LogP contribution in [0.2, 0.25) is 0 Å². The van der Waals surface area contributed by atoms with Crippen LogP contribution in [-0.2, 0) is 9.59 Å². The highest BCUT2D eigenvalue weighted by molar-refractivity contribution is 6.00. The van der Waals surface area contributed by atoms with E-state index in [1.54, 1.807) is 0 Å². The second-order valence-corrected chi connectivity index (χ2v) is 10.7. The van der Waals surface area contributed by atoms with Crippen LogP contribution in [0.5, 0.6) is 5.75 Å². The largest absolute Gasteiger partial charge is 0.491 e. The van der Waals surface area contributed by atoms with Crippen LogP contribution in [0.4, 0.5) is 5.69 Å². The van der Waals surface area contributed by atoms with Crippen LogP contribution in [0.15, 0.2) is 24.3 Å². The third-order valence-electron chi connectivity index (χ3n) is 7.61. The summed E-state index contributed by atoms with van der Waals surface area (Å²) in [5.74, 6) is 1.11. The number of anilines is 1. The summed E-state index contributed by atoms with van der Waals surface area (Å²) in [5, 5.41) is 11.3. The molecule has 0 radical (unpaired) electrons. The van der Waals surface area contributed by atoms with Crippen molar-refractivity contribution < 1.29 is 19.4 Å². The summed E-state index contributed by atoms with van der Waals surface area (Å²) in [7, 11) is 0. The molecule has 6 heteroatoms. The van der Waals surface area contributed by atoms with Gasteiger partial charge in [-0.3, -0.25) is 9.59 Å². The van der Waals surface area contributed by atoms with Gasteiger partial charge in [0.05, 0.1) is 17.1 Å². The van der Waals surface area contributed by atoms with Gasteiger partial charge in [0.15, 0.2) is 0 Å². The number of carbonyl (C=O) groups is 2. The van der Waals surface area contributed by atoms with E-state index in [-0.39, 0.29) is 28.9 Å². The van der Waals surface area contributed by atoms with Gasteiger partial charge >= 0.3 is 0 Å². The molecule has 2 aliphatic heterocycles. The van der Waals surface area contributed by atoms with Crippen molar-refractivity contribution in [2.45, 2.75) is 89.9 Å². The Kier molecular flexibility index (Phi) is 5.57. The summed E-state index contributed by atoms with van der Waals surface area (Å²) in [5.41, 5.74) is -0.577. The van der Waals surface area contributed by atoms with Gasteiger partial charge in [0.1, 0.15) is 5.75 Å². The molecule has 170 valence electrons. The number of hydrogen-bond donors (Lipinski definition) is 1. The number of nitrogens with zero attached hydrogens (tertiary/aromatic N) is 2. The van der Waals surface area contributed by atoms with Crippen molar-refractivity contribution >= 4 is 17.5 Å². The lowest BCUT2D eigenvalue weighted by Gasteiger charge is -2.44. The number of rotatable bonds is 5. The molecule has 0 unspecified atom stereocenters. The van der Waals surface area contributed by atoms with Gasteiger partial charge in [0, 0.05) is 30.7 Å². The average Bonchev–Trinajstić information content (AvgIpc) is 3.16. The smallest absolute Gasteiger partial charge is 0.233 e. The lowest BCUT2D eigenvalue weighted by atomic mass is 9.67. The quantitative estimate of drug-likeness (QED) is 0.772. The molecule has 1 spiro atoms. The van der Waals surface area contributed by atoms with Crippen LogP contribution >= 0.6 is 0 Å². The minimum absolute atomic E-state index is 0.116. The van der Waals surface area contributed by atoms with Crippen molar-refractivity contribution in [3.63, 3.8) is 0 Å². The highest BCUT2D eigenvalue weighted by atomic mass is 16.5. The van der Waals surface area contributed by atoms with Gasteiger partial charge in [-0.1, -0.05) is 0 Å². The predicted octanol–water partition coefficient (Wildman–Crippen LogP) is 3.90. The van der Waals surface area contributed by atoms with E-state index in [4.69, 9.17) is 4.74 Å². The number of hydrogen-bond acceptors (Lipinski definition) is 4. The maximum Gasteiger partial charge on any atom is 0.233 e. The zero-order valence-electron chi connectivity index (χ0n) is 19.3. The van der Waals surface area contributed by atoms with Crippen molar-refractivity contribution in [3.05, 3.63) is 24.3 Å². The summed E-state index contributed by atoms with van der Waals surface area (Å²) >= 11 is 0. The summed E-state index contributed by atoms with van der Waals surface area (Å²) < 4.78 is 5.71. The van der Waals surface area contributed by atoms with Crippen LogP contribution < -0.4 is 9.64 Å². The second kappa shape index (κ2) is 7.80. The van der Waals surface area contributed by atoms with E-state index >= 15 is 0 Å². The van der Waals surface area contributed by atoms with E-state index in [9.17, 15) is 14.7 Å². The molecule has 2 amide bonds. The Hall–Kier alpha value is -2.08. The number of β-amino-alcohol motifs (C(OH)–C–C–N with tert-alkyl or cyclic N) is 1. The highest BCUT2D eigenvalue weighted by Crippen LogP contribution is 2.49. The Bertz CT molecular complexity index is 838. The van der Waals surface area contributed by atoms with Gasteiger partial charge < -0.3 is 19.6 Å². The third kappa shape index (κ3) is 4.19. The molecule has 4 rings (SSSR count). The van der Waals surface area contributed by atoms with E-state index in [1.165, 1.54) is 0 Å². The van der Waals surface area contributed by atoms with Crippen molar-refractivity contribution in [1.29, 1.82) is 0 Å². The van der Waals surface area contributed by atoms with Crippen LogP contribution in [0, 0.1) is 5.41 Å². The maximum atomic E-state index is 13.4. The molecular formula is C25H36N2O4. The Morgan fingerprint density at radius 1 is 1.00 bits per heavy atom. The summed E-state index contributed by atoms with van der Waals surface area (Å²) in [6.07, 6.45) is 4.81. The zero-order chi connectivity index (χ0) is 22.4. The van der Waals surface area contributed by atoms with E-state index < -0.39 is 5.60 Å². The number of carbonyl (C=O) groups excluding carboxylic acids is 2. The molecular weight excluding hydrogens is 392 g/mol. The maximum absolute atomic E-state index is 13.4. The third-order valence-corrected chi connectivity index (χ3v) is 7.61. The highest BCUT2D eigenvalue weighted by Gasteiger charge is 2.53. The normalized spacial score (nSPS) is 30.6. The molecule has 3 fully saturated rings. The van der Waals surface area contributed by atoms with E-state index in [1.807, 2.05) is 47.9 Å². The molecule has 0 bridgehead atoms. The molecule has 6 nitrogen and oxygen atoms in total. The summed E-state index contributed by atoms with van der Waals surface area (Å²) in [4.78, 5) is 29.5. The minimum Gasteiger partial charge on any atom is -0.491 e. The molecule has 0 atom stereocenters. The van der Waals surface area contributed by atoms with Crippen molar-refractivity contribution in [2.24, 2.45) is 5.41 Å². The standard InChI is InChI=1S/C25H36N2O4/c1-18(2)31-20-7-5-19(6-8-20)26-16-15-24(22(26)29)11-13-25(30,14-12-24)17-27-21(28)9-10-23(27,3)4/h5-8,18,30H,9-17H2,1-4H3. The van der Waals surface area contributed by atoms with Gasteiger partial charge in [-0.2, -0.15) is 0 Å². The Labute approximate surface area is 185 Å². The molecule has 0 aromatic heterocycles. The lowest BCUT2D eigenvalue weighted by Crippen LogP contribution is -2.53. The SMILES string of the molecule is CC(C)Oc1ccc(N2CCC3(CCC(O)(CN4C(=O)CCC4(C)C)CC3)C2=O)cc1. The van der Waals surface area contributed by atoms with Gasteiger partial charge in [0.25, 0.3) is 0 Å². The summed E-state index contributed by atoms with van der Waals surface area (Å²) in [6, 6.07) is 7.74. The molecule has 1 aliphatic carbocycles. The average molecular weight is 429 g/mol. The molecule has 1 aromatic rings. The zero-order valence-corrected chi connectivity index (χ0v) is 19.3. The topological polar surface area (TPSA) is 70.1 Å². The minimum atomic E-state index is -0.897. The van der Waals surface area contributed by atoms with E-state index in [2.05, 4.69) is 13.8 Å². The first-order chi connectivity index (χ1) is 14.5. The van der Waals surface area contributed by atoms with Crippen LogP contribution in [-0.4, -0.2) is 52.2 Å². The second-order valence-electron chi connectivity index (χ2n) is 10.7. The molecule has 3 aliphatic rings. The predicted molar refractivity (Wildman–Crippen MR) is 120 cm³/mol. The molecule has 2 heterocycles. The molecule has 31 heavy (non-hydrogen) atoms. The number of likely N-dealkylation sites (tertiary alicyclic amines) is 1. The van der Waals surface area contributed by atoms with Gasteiger partial charge in [-0.05, 0) is 90.5 Å². The number of aliphatic hydroxyl groups is 1. The fraction of sp³-hybridized carbons (Fsp3) is 0.680. The number of amides is 2. The molecule has 2 saturated heterocycles. The Balaban J connectivity index is 1.41. The van der Waals surface area contributed by atoms with Crippen molar-refractivity contribution in [3.8, 4) is 5.75 Å². The first-order valence-electron chi connectivity index (χ1n) is 11.7. The number of benzene rings is 1. The fourth-order valence-electron chi connectivity index (χ4n) is 5.48. The van der Waals surface area contributed by atoms with Crippen LogP contribution in [0.25, 0.3) is 0 Å². The Morgan fingerprint density at radius 3 is 2.19 bits per heavy atom. The molecule has 1 N–H and O–H groups in total. The van der Waals surface area contributed by atoms with Gasteiger partial charge in [-0.15, -0.1) is 0 Å². The van der Waals surface area contributed by atoms with Crippen LogP contribution in [0.3, 0.4) is 0 Å². The number of ether oxygens (including phenoxy) is 1. The first-order valence-corrected chi connectivity index (χ1v) is 11.7. The van der Waals surface area contributed by atoms with Gasteiger partial charge in [0.2, 0.25) is 11.8 Å². The summed E-state index contributed by atoms with van der Waals surface area (Å²) in [6.45, 7) is 9.21. The molecule has 1 saturated carbocycles. The lowest BCUT2D eigenvalue weighted by molar-refractivity contribution is -0.141. The van der Waals surface area contributed by atoms with Gasteiger partial charge in [-0.25, -0.2) is 0 Å². The van der Waals surface area contributed by atoms with E-state index in [0.29, 0.717) is 45.2 Å². The van der Waals surface area contributed by atoms with E-state index in [0.717, 1.165) is 24.3 Å². The first kappa shape index (κ1) is 22.1. The van der Waals surface area contributed by atoms with Crippen LogP contribution in [0.1, 0.15) is 72.6 Å². The van der Waals surface area contributed by atoms with Crippen molar-refractivity contribution in [1.82, 2.24) is 4.90 Å². The van der Waals surface area contributed by atoms with Crippen molar-refractivity contribution in [2.75, 3.05) is 18.0 Å². The monoisotopic (exact) mass is 428 g/mol.